The Morgan fingerprint density at radius 3 is 2.33 bits per heavy atom. The van der Waals surface area contributed by atoms with E-state index in [4.69, 9.17) is 4.74 Å². The van der Waals surface area contributed by atoms with Gasteiger partial charge in [-0.25, -0.2) is 0 Å². The molecule has 2 aromatic carbocycles. The molecule has 0 unspecified atom stereocenters. The lowest BCUT2D eigenvalue weighted by molar-refractivity contribution is -0.384. The van der Waals surface area contributed by atoms with Crippen LogP contribution in [0.4, 0.5) is 14.5 Å². The molecule has 0 aliphatic carbocycles. The molecule has 0 bridgehead atoms. The highest BCUT2D eigenvalue weighted by molar-refractivity contribution is 5.72. The Kier molecular flexibility index (Phi) is 4.32. The van der Waals surface area contributed by atoms with Crippen molar-refractivity contribution in [1.82, 2.24) is 0 Å². The summed E-state index contributed by atoms with van der Waals surface area (Å²) in [5.74, 6) is 0.362. The molecule has 0 aliphatic heterocycles. The Hall–Kier alpha value is -2.70. The van der Waals surface area contributed by atoms with E-state index in [9.17, 15) is 18.9 Å². The number of hydrogen-bond acceptors (Lipinski definition) is 4. The lowest BCUT2D eigenvalue weighted by atomic mass is 10.0. The van der Waals surface area contributed by atoms with Gasteiger partial charge in [-0.05, 0) is 23.8 Å². The predicted octanol–water partition coefficient (Wildman–Crippen LogP) is 3.87. The van der Waals surface area contributed by atoms with Gasteiger partial charge in [0.1, 0.15) is 11.5 Å². The Bertz CT molecular complexity index is 644. The molecule has 2 aromatic rings. The summed E-state index contributed by atoms with van der Waals surface area (Å²) >= 11 is 0. The van der Waals surface area contributed by atoms with Crippen LogP contribution in [0.25, 0.3) is 11.1 Å². The van der Waals surface area contributed by atoms with Crippen molar-refractivity contribution < 1.29 is 23.2 Å². The van der Waals surface area contributed by atoms with Crippen molar-refractivity contribution in [1.29, 1.82) is 0 Å². The fraction of sp³-hybridized carbons (Fsp3) is 0.143. The topological polar surface area (TPSA) is 61.6 Å². The molecule has 0 spiro atoms. The Morgan fingerprint density at radius 1 is 1.14 bits per heavy atom. The third-order valence-corrected chi connectivity index (χ3v) is 2.79. The van der Waals surface area contributed by atoms with Gasteiger partial charge >= 0.3 is 6.61 Å². The van der Waals surface area contributed by atoms with E-state index in [1.54, 1.807) is 18.2 Å². The molecular formula is C14H11F2NO4. The molecule has 0 saturated carbocycles. The van der Waals surface area contributed by atoms with Gasteiger partial charge < -0.3 is 9.47 Å². The first kappa shape index (κ1) is 14.7. The van der Waals surface area contributed by atoms with Gasteiger partial charge in [-0.3, -0.25) is 10.1 Å². The zero-order valence-electron chi connectivity index (χ0n) is 11.0. The molecule has 0 heterocycles. The Balaban J connectivity index is 2.35. The van der Waals surface area contributed by atoms with Crippen molar-refractivity contribution >= 4 is 5.69 Å². The van der Waals surface area contributed by atoms with E-state index in [0.29, 0.717) is 16.9 Å². The van der Waals surface area contributed by atoms with E-state index < -0.39 is 11.5 Å². The predicted molar refractivity (Wildman–Crippen MR) is 71.7 cm³/mol. The standard InChI is InChI=1S/C14H11F2NO4/c1-20-13-8-10(17(18)19)4-7-12(13)9-2-5-11(6-3-9)21-14(15)16/h2-8,14H,1H3. The summed E-state index contributed by atoms with van der Waals surface area (Å²) in [6.07, 6.45) is 0. The molecule has 0 atom stereocenters. The van der Waals surface area contributed by atoms with Crippen molar-refractivity contribution in [3.8, 4) is 22.6 Å². The summed E-state index contributed by atoms with van der Waals surface area (Å²) in [7, 11) is 1.40. The smallest absolute Gasteiger partial charge is 0.387 e. The highest BCUT2D eigenvalue weighted by atomic mass is 19.3. The summed E-state index contributed by atoms with van der Waals surface area (Å²) in [5.41, 5.74) is 1.20. The van der Waals surface area contributed by atoms with Crippen LogP contribution < -0.4 is 9.47 Å². The van der Waals surface area contributed by atoms with Crippen LogP contribution in [-0.2, 0) is 0 Å². The fourth-order valence-electron chi connectivity index (χ4n) is 1.85. The number of non-ortho nitro benzene ring substituents is 1. The molecule has 0 aliphatic rings. The zero-order chi connectivity index (χ0) is 15.4. The van der Waals surface area contributed by atoms with E-state index in [1.165, 1.54) is 31.4 Å². The number of halogens is 2. The molecule has 0 amide bonds. The second-order valence-electron chi connectivity index (χ2n) is 4.04. The number of nitro groups is 1. The number of alkyl halides is 2. The third kappa shape index (κ3) is 3.44. The summed E-state index contributed by atoms with van der Waals surface area (Å²) in [5, 5.41) is 10.7. The quantitative estimate of drug-likeness (QED) is 0.620. The molecule has 7 heteroatoms. The zero-order valence-corrected chi connectivity index (χ0v) is 11.0. The van der Waals surface area contributed by atoms with Gasteiger partial charge in [0.25, 0.3) is 5.69 Å². The van der Waals surface area contributed by atoms with E-state index in [1.807, 2.05) is 0 Å². The maximum atomic E-state index is 12.1. The minimum absolute atomic E-state index is 0.0367. The minimum atomic E-state index is -2.88. The third-order valence-electron chi connectivity index (χ3n) is 2.79. The lowest BCUT2D eigenvalue weighted by Gasteiger charge is -2.09. The first-order chi connectivity index (χ1) is 10.0. The minimum Gasteiger partial charge on any atom is -0.496 e. The van der Waals surface area contributed by atoms with Crippen LogP contribution in [0, 0.1) is 10.1 Å². The normalized spacial score (nSPS) is 10.5. The van der Waals surface area contributed by atoms with Crippen molar-refractivity contribution in [3.05, 3.63) is 52.6 Å². The van der Waals surface area contributed by atoms with Crippen LogP contribution in [0.1, 0.15) is 0 Å². The number of methoxy groups -OCH3 is 1. The van der Waals surface area contributed by atoms with Gasteiger partial charge in [-0.2, -0.15) is 8.78 Å². The van der Waals surface area contributed by atoms with Crippen LogP contribution in [0.2, 0.25) is 0 Å². The van der Waals surface area contributed by atoms with Gasteiger partial charge in [-0.15, -0.1) is 0 Å². The number of ether oxygens (including phenoxy) is 2. The van der Waals surface area contributed by atoms with Crippen LogP contribution in [-0.4, -0.2) is 18.6 Å². The monoisotopic (exact) mass is 295 g/mol. The number of nitrogens with zero attached hydrogens (tertiary/aromatic N) is 1. The van der Waals surface area contributed by atoms with Gasteiger partial charge in [0, 0.05) is 11.6 Å². The van der Waals surface area contributed by atoms with Crippen LogP contribution >= 0.6 is 0 Å². The highest BCUT2D eigenvalue weighted by Gasteiger charge is 2.13. The number of hydrogen-bond donors (Lipinski definition) is 0. The molecule has 0 radical (unpaired) electrons. The molecule has 5 nitrogen and oxygen atoms in total. The summed E-state index contributed by atoms with van der Waals surface area (Å²) in [6.45, 7) is -2.88. The second-order valence-corrected chi connectivity index (χ2v) is 4.04. The molecular weight excluding hydrogens is 284 g/mol. The molecule has 21 heavy (non-hydrogen) atoms. The van der Waals surface area contributed by atoms with Gasteiger partial charge in [0.2, 0.25) is 0 Å². The Labute approximate surface area is 118 Å². The number of nitro benzene ring substituents is 1. The van der Waals surface area contributed by atoms with Gasteiger partial charge in [0.15, 0.2) is 0 Å². The lowest BCUT2D eigenvalue weighted by Crippen LogP contribution is -2.01. The summed E-state index contributed by atoms with van der Waals surface area (Å²) < 4.78 is 33.5. The van der Waals surface area contributed by atoms with Gasteiger partial charge in [-0.1, -0.05) is 12.1 Å². The van der Waals surface area contributed by atoms with Crippen LogP contribution in [0.5, 0.6) is 11.5 Å². The second kappa shape index (κ2) is 6.17. The maximum absolute atomic E-state index is 12.1. The van der Waals surface area contributed by atoms with Crippen LogP contribution in [0.3, 0.4) is 0 Å². The molecule has 0 saturated heterocycles. The summed E-state index contributed by atoms with van der Waals surface area (Å²) in [6, 6.07) is 10.1. The average molecular weight is 295 g/mol. The summed E-state index contributed by atoms with van der Waals surface area (Å²) in [4.78, 5) is 10.2. The van der Waals surface area contributed by atoms with E-state index >= 15 is 0 Å². The largest absolute Gasteiger partial charge is 0.496 e. The highest BCUT2D eigenvalue weighted by Crippen LogP contribution is 2.34. The van der Waals surface area contributed by atoms with E-state index in [-0.39, 0.29) is 11.4 Å². The van der Waals surface area contributed by atoms with E-state index in [0.717, 1.165) is 0 Å². The molecule has 0 aromatic heterocycles. The molecule has 0 N–H and O–H groups in total. The van der Waals surface area contributed by atoms with Crippen LogP contribution in [0.15, 0.2) is 42.5 Å². The average Bonchev–Trinajstić information content (AvgIpc) is 2.46. The Morgan fingerprint density at radius 2 is 1.81 bits per heavy atom. The van der Waals surface area contributed by atoms with Crippen molar-refractivity contribution in [2.24, 2.45) is 0 Å². The van der Waals surface area contributed by atoms with Gasteiger partial charge in [0.05, 0.1) is 18.1 Å². The molecule has 110 valence electrons. The maximum Gasteiger partial charge on any atom is 0.387 e. The van der Waals surface area contributed by atoms with Crippen molar-refractivity contribution in [2.45, 2.75) is 6.61 Å². The fourth-order valence-corrected chi connectivity index (χ4v) is 1.85. The first-order valence-electron chi connectivity index (χ1n) is 5.89. The molecule has 0 fully saturated rings. The number of rotatable bonds is 5. The van der Waals surface area contributed by atoms with Crippen molar-refractivity contribution in [3.63, 3.8) is 0 Å². The number of benzene rings is 2. The first-order valence-corrected chi connectivity index (χ1v) is 5.89. The van der Waals surface area contributed by atoms with E-state index in [2.05, 4.69) is 4.74 Å². The van der Waals surface area contributed by atoms with Crippen molar-refractivity contribution in [2.75, 3.05) is 7.11 Å². The molecule has 2 rings (SSSR count). The SMILES string of the molecule is COc1cc([N+](=O)[O-])ccc1-c1ccc(OC(F)F)cc1.